The summed E-state index contributed by atoms with van der Waals surface area (Å²) in [6.07, 6.45) is 0.0241. The van der Waals surface area contributed by atoms with Crippen molar-refractivity contribution >= 4 is 28.6 Å². The molecule has 0 unspecified atom stereocenters. The molecule has 2 amide bonds. The van der Waals surface area contributed by atoms with Gasteiger partial charge in [0.05, 0.1) is 6.61 Å². The highest BCUT2D eigenvalue weighted by Crippen LogP contribution is 2.15. The van der Waals surface area contributed by atoms with Gasteiger partial charge in [-0.2, -0.15) is 0 Å². The molecule has 0 radical (unpaired) electrons. The van der Waals surface area contributed by atoms with Crippen LogP contribution in [0.25, 0.3) is 10.8 Å². The molecule has 2 rings (SSSR count). The van der Waals surface area contributed by atoms with Crippen LogP contribution in [0.15, 0.2) is 42.5 Å². The van der Waals surface area contributed by atoms with Crippen molar-refractivity contribution in [3.8, 4) is 0 Å². The molecule has 0 aliphatic carbocycles. The first-order chi connectivity index (χ1) is 12.5. The molecule has 0 aromatic heterocycles. The van der Waals surface area contributed by atoms with Gasteiger partial charge in [0.1, 0.15) is 6.54 Å². The zero-order chi connectivity index (χ0) is 18.9. The van der Waals surface area contributed by atoms with Crippen LogP contribution in [0.4, 0.5) is 0 Å². The van der Waals surface area contributed by atoms with E-state index in [-0.39, 0.29) is 44.5 Å². The second kappa shape index (κ2) is 9.53. The number of carboxylic acid groups (broad SMARTS) is 1. The largest absolute Gasteiger partial charge is 0.480 e. The van der Waals surface area contributed by atoms with E-state index in [0.717, 1.165) is 10.8 Å². The number of carboxylic acids is 1. The fourth-order valence-electron chi connectivity index (χ4n) is 2.53. The summed E-state index contributed by atoms with van der Waals surface area (Å²) in [4.78, 5) is 36.4. The van der Waals surface area contributed by atoms with Crippen molar-refractivity contribution in [2.24, 2.45) is 0 Å². The van der Waals surface area contributed by atoms with Gasteiger partial charge in [-0.05, 0) is 22.9 Å². The van der Waals surface area contributed by atoms with Gasteiger partial charge in [-0.3, -0.25) is 14.4 Å². The molecule has 2 aromatic carbocycles. The second-order valence-electron chi connectivity index (χ2n) is 5.77. The maximum absolute atomic E-state index is 12.2. The van der Waals surface area contributed by atoms with Crippen molar-refractivity contribution in [3.05, 3.63) is 48.0 Å². The van der Waals surface area contributed by atoms with Crippen molar-refractivity contribution in [1.82, 2.24) is 10.2 Å². The van der Waals surface area contributed by atoms with Gasteiger partial charge < -0.3 is 20.1 Å². The molecule has 7 heteroatoms. The van der Waals surface area contributed by atoms with E-state index in [2.05, 4.69) is 5.32 Å². The number of amides is 2. The van der Waals surface area contributed by atoms with Gasteiger partial charge in [0.2, 0.25) is 5.91 Å². The number of benzene rings is 2. The summed E-state index contributed by atoms with van der Waals surface area (Å²) in [6, 6.07) is 13.1. The predicted molar refractivity (Wildman–Crippen MR) is 97.0 cm³/mol. The molecule has 0 bridgehead atoms. The minimum atomic E-state index is -1.09. The molecule has 2 aromatic rings. The lowest BCUT2D eigenvalue weighted by molar-refractivity contribution is -0.144. The normalized spacial score (nSPS) is 10.5. The van der Waals surface area contributed by atoms with Crippen LogP contribution in [0, 0.1) is 0 Å². The first-order valence-corrected chi connectivity index (χ1v) is 8.27. The van der Waals surface area contributed by atoms with E-state index in [1.807, 2.05) is 30.3 Å². The van der Waals surface area contributed by atoms with E-state index in [0.29, 0.717) is 5.56 Å². The number of rotatable bonds is 9. The van der Waals surface area contributed by atoms with Gasteiger partial charge in [-0.1, -0.05) is 30.3 Å². The maximum Gasteiger partial charge on any atom is 0.323 e. The van der Waals surface area contributed by atoms with Crippen molar-refractivity contribution in [2.45, 2.75) is 6.42 Å². The molecule has 0 aliphatic rings. The van der Waals surface area contributed by atoms with Gasteiger partial charge in [0, 0.05) is 32.2 Å². The Kier molecular flexibility index (Phi) is 7.11. The number of fused-ring (bicyclic) bond motifs is 1. The van der Waals surface area contributed by atoms with Crippen LogP contribution >= 0.6 is 0 Å². The average Bonchev–Trinajstić information content (AvgIpc) is 2.64. The smallest absolute Gasteiger partial charge is 0.323 e. The fourth-order valence-corrected chi connectivity index (χ4v) is 2.53. The lowest BCUT2D eigenvalue weighted by atomic mass is 10.1. The first-order valence-electron chi connectivity index (χ1n) is 8.27. The summed E-state index contributed by atoms with van der Waals surface area (Å²) in [6.45, 7) is 0.192. The average molecular weight is 358 g/mol. The molecule has 0 spiro atoms. The van der Waals surface area contributed by atoms with Crippen LogP contribution in [0.2, 0.25) is 0 Å². The summed E-state index contributed by atoms with van der Waals surface area (Å²) in [5.74, 6) is -1.71. The Morgan fingerprint density at radius 2 is 1.85 bits per heavy atom. The number of nitrogens with one attached hydrogen (secondary N) is 1. The summed E-state index contributed by atoms with van der Waals surface area (Å²) < 4.78 is 4.88. The topological polar surface area (TPSA) is 95.9 Å². The van der Waals surface area contributed by atoms with Crippen molar-refractivity contribution in [1.29, 1.82) is 0 Å². The van der Waals surface area contributed by atoms with Gasteiger partial charge in [-0.25, -0.2) is 0 Å². The quantitative estimate of drug-likeness (QED) is 0.708. The number of hydrogen-bond donors (Lipinski definition) is 2. The van der Waals surface area contributed by atoms with Crippen molar-refractivity contribution in [3.63, 3.8) is 0 Å². The fraction of sp³-hybridized carbons (Fsp3) is 0.316. The summed E-state index contributed by atoms with van der Waals surface area (Å²) in [5.41, 5.74) is 0.512. The Hall–Kier alpha value is -2.93. The maximum atomic E-state index is 12.2. The summed E-state index contributed by atoms with van der Waals surface area (Å²) in [7, 11) is 1.48. The van der Waals surface area contributed by atoms with Crippen LogP contribution < -0.4 is 5.32 Å². The Morgan fingerprint density at radius 1 is 1.12 bits per heavy atom. The number of ether oxygens (including phenoxy) is 1. The molecule has 0 saturated heterocycles. The number of nitrogens with zero attached hydrogens (tertiary/aromatic N) is 1. The minimum Gasteiger partial charge on any atom is -0.480 e. The Labute approximate surface area is 151 Å². The van der Waals surface area contributed by atoms with E-state index in [1.165, 1.54) is 12.0 Å². The van der Waals surface area contributed by atoms with E-state index in [9.17, 15) is 14.4 Å². The number of methoxy groups -OCH3 is 1. The molecule has 138 valence electrons. The highest BCUT2D eigenvalue weighted by atomic mass is 16.5. The SMILES string of the molecule is COCCN(CC(=O)O)C(=O)CCNC(=O)c1ccc2ccccc2c1. The Bertz CT molecular complexity index is 790. The Morgan fingerprint density at radius 3 is 2.54 bits per heavy atom. The minimum absolute atomic E-state index is 0.0241. The predicted octanol–water partition coefficient (Wildman–Crippen LogP) is 1.52. The van der Waals surface area contributed by atoms with Crippen molar-refractivity contribution in [2.75, 3.05) is 33.4 Å². The van der Waals surface area contributed by atoms with Crippen LogP contribution in [0.1, 0.15) is 16.8 Å². The van der Waals surface area contributed by atoms with Crippen LogP contribution in [-0.2, 0) is 14.3 Å². The molecule has 0 atom stereocenters. The number of carbonyl (C=O) groups is 3. The highest BCUT2D eigenvalue weighted by Gasteiger charge is 2.16. The van der Waals surface area contributed by atoms with E-state index in [4.69, 9.17) is 9.84 Å². The van der Waals surface area contributed by atoms with Gasteiger partial charge in [0.15, 0.2) is 0 Å². The number of hydrogen-bond acceptors (Lipinski definition) is 4. The monoisotopic (exact) mass is 358 g/mol. The molecule has 0 aliphatic heterocycles. The third kappa shape index (κ3) is 5.56. The van der Waals surface area contributed by atoms with Crippen LogP contribution in [0.3, 0.4) is 0 Å². The van der Waals surface area contributed by atoms with Gasteiger partial charge in [-0.15, -0.1) is 0 Å². The van der Waals surface area contributed by atoms with E-state index < -0.39 is 5.97 Å². The summed E-state index contributed by atoms with van der Waals surface area (Å²) in [5, 5.41) is 13.6. The zero-order valence-electron chi connectivity index (χ0n) is 14.6. The van der Waals surface area contributed by atoms with Gasteiger partial charge in [0.25, 0.3) is 5.91 Å². The van der Waals surface area contributed by atoms with E-state index >= 15 is 0 Å². The Balaban J connectivity index is 1.89. The third-order valence-corrected chi connectivity index (χ3v) is 3.88. The highest BCUT2D eigenvalue weighted by molar-refractivity contribution is 5.98. The number of carbonyl (C=O) groups excluding carboxylic acids is 2. The molecule has 0 saturated carbocycles. The van der Waals surface area contributed by atoms with E-state index in [1.54, 1.807) is 12.1 Å². The molecule has 7 nitrogen and oxygen atoms in total. The molecular formula is C19H22N2O5. The van der Waals surface area contributed by atoms with Crippen molar-refractivity contribution < 1.29 is 24.2 Å². The zero-order valence-corrected chi connectivity index (χ0v) is 14.6. The molecule has 0 heterocycles. The molecule has 26 heavy (non-hydrogen) atoms. The molecule has 2 N–H and O–H groups in total. The first kappa shape index (κ1) is 19.4. The molecular weight excluding hydrogens is 336 g/mol. The lowest BCUT2D eigenvalue weighted by Gasteiger charge is -2.20. The second-order valence-corrected chi connectivity index (χ2v) is 5.77. The lowest BCUT2D eigenvalue weighted by Crippen LogP contribution is -2.39. The van der Waals surface area contributed by atoms with Gasteiger partial charge >= 0.3 is 5.97 Å². The number of aliphatic carboxylic acids is 1. The summed E-state index contributed by atoms with van der Waals surface area (Å²) >= 11 is 0. The third-order valence-electron chi connectivity index (χ3n) is 3.88. The van der Waals surface area contributed by atoms with Crippen LogP contribution in [0.5, 0.6) is 0 Å². The standard InChI is InChI=1S/C19H22N2O5/c1-26-11-10-21(13-18(23)24)17(22)8-9-20-19(25)16-7-6-14-4-2-3-5-15(14)12-16/h2-7,12H,8-11,13H2,1H3,(H,20,25)(H,23,24). The molecule has 0 fully saturated rings. The van der Waals surface area contributed by atoms with Crippen LogP contribution in [-0.4, -0.2) is 61.1 Å².